The van der Waals surface area contributed by atoms with Crippen LogP contribution in [0.3, 0.4) is 0 Å². The van der Waals surface area contributed by atoms with Crippen molar-refractivity contribution >= 4 is 22.7 Å². The van der Waals surface area contributed by atoms with Crippen molar-refractivity contribution in [3.63, 3.8) is 0 Å². The van der Waals surface area contributed by atoms with Crippen LogP contribution in [0.2, 0.25) is 0 Å². The van der Waals surface area contributed by atoms with Crippen molar-refractivity contribution < 1.29 is 12.9 Å². The molecule has 0 aliphatic rings. The smallest absolute Gasteiger partial charge is 0.357 e. The maximum absolute atomic E-state index is 10.4. The quantitative estimate of drug-likeness (QED) is 0.818. The first kappa shape index (κ1) is 11.6. The molecule has 0 heterocycles. The molecule has 0 bridgehead atoms. The van der Waals surface area contributed by atoms with E-state index >= 15 is 0 Å². The van der Waals surface area contributed by atoms with Gasteiger partial charge in [0.25, 0.3) is 0 Å². The molecule has 0 amide bonds. The van der Waals surface area contributed by atoms with E-state index in [1.54, 1.807) is 24.3 Å². The zero-order valence-electron chi connectivity index (χ0n) is 8.87. The van der Waals surface area contributed by atoms with E-state index in [4.69, 9.17) is 4.55 Å². The van der Waals surface area contributed by atoms with Crippen molar-refractivity contribution in [1.82, 2.24) is 0 Å². The predicted octanol–water partition coefficient (Wildman–Crippen LogP) is 2.95. The molecule has 17 heavy (non-hydrogen) atoms. The number of para-hydroxylation sites is 1. The summed E-state index contributed by atoms with van der Waals surface area (Å²) < 4.78 is 23.6. The molecule has 2 aromatic rings. The topological polar surface area (TPSA) is 58.6 Å². The standard InChI is InChI=1S/C12H11NO3S/c14-17(15)16-12-8-6-11(7-9-12)13-10-4-2-1-3-5-10/h1-9,13H,(H,14,15). The highest BCUT2D eigenvalue weighted by atomic mass is 32.2. The summed E-state index contributed by atoms with van der Waals surface area (Å²) in [6.07, 6.45) is 0. The third-order valence-electron chi connectivity index (χ3n) is 2.08. The number of rotatable bonds is 4. The molecule has 88 valence electrons. The van der Waals surface area contributed by atoms with E-state index in [0.717, 1.165) is 11.4 Å². The predicted molar refractivity (Wildman–Crippen MR) is 67.6 cm³/mol. The summed E-state index contributed by atoms with van der Waals surface area (Å²) in [6, 6.07) is 16.5. The Balaban J connectivity index is 2.06. The van der Waals surface area contributed by atoms with Gasteiger partial charge in [-0.1, -0.05) is 18.2 Å². The highest BCUT2D eigenvalue weighted by molar-refractivity contribution is 7.74. The molecule has 2 aromatic carbocycles. The Labute approximate surface area is 102 Å². The number of anilines is 2. The van der Waals surface area contributed by atoms with Gasteiger partial charge >= 0.3 is 11.4 Å². The van der Waals surface area contributed by atoms with Crippen LogP contribution < -0.4 is 9.50 Å². The third-order valence-corrected chi connectivity index (χ3v) is 2.42. The molecule has 0 aliphatic carbocycles. The Bertz CT molecular complexity index is 499. The van der Waals surface area contributed by atoms with Gasteiger partial charge in [0.15, 0.2) is 0 Å². The average molecular weight is 249 g/mol. The van der Waals surface area contributed by atoms with E-state index in [1.165, 1.54) is 0 Å². The van der Waals surface area contributed by atoms with Gasteiger partial charge in [0.2, 0.25) is 0 Å². The van der Waals surface area contributed by atoms with Crippen molar-refractivity contribution in [2.45, 2.75) is 0 Å². The van der Waals surface area contributed by atoms with Gasteiger partial charge < -0.3 is 9.50 Å². The van der Waals surface area contributed by atoms with Crippen LogP contribution in [-0.2, 0) is 11.4 Å². The summed E-state index contributed by atoms with van der Waals surface area (Å²) >= 11 is -2.28. The molecule has 0 fully saturated rings. The Kier molecular flexibility index (Phi) is 3.74. The lowest BCUT2D eigenvalue weighted by atomic mass is 10.2. The van der Waals surface area contributed by atoms with Crippen LogP contribution in [0.4, 0.5) is 11.4 Å². The van der Waals surface area contributed by atoms with Crippen molar-refractivity contribution in [3.8, 4) is 5.75 Å². The van der Waals surface area contributed by atoms with Crippen LogP contribution in [0.25, 0.3) is 0 Å². The van der Waals surface area contributed by atoms with Crippen LogP contribution >= 0.6 is 0 Å². The SMILES string of the molecule is O=S(O)Oc1ccc(Nc2ccccc2)cc1. The fourth-order valence-corrected chi connectivity index (χ4v) is 1.64. The summed E-state index contributed by atoms with van der Waals surface area (Å²) in [5.74, 6) is 0.351. The molecule has 0 radical (unpaired) electrons. The summed E-state index contributed by atoms with van der Waals surface area (Å²) in [5, 5.41) is 3.19. The zero-order chi connectivity index (χ0) is 12.1. The van der Waals surface area contributed by atoms with Crippen LogP contribution in [0.5, 0.6) is 5.75 Å². The lowest BCUT2D eigenvalue weighted by molar-refractivity contribution is 0.458. The van der Waals surface area contributed by atoms with Crippen molar-refractivity contribution in [1.29, 1.82) is 0 Å². The average Bonchev–Trinajstić information content (AvgIpc) is 2.32. The molecular weight excluding hydrogens is 238 g/mol. The minimum atomic E-state index is -2.28. The second-order valence-corrected chi connectivity index (χ2v) is 3.92. The molecule has 0 spiro atoms. The largest absolute Gasteiger partial charge is 0.380 e. The highest BCUT2D eigenvalue weighted by Gasteiger charge is 1.98. The van der Waals surface area contributed by atoms with Gasteiger partial charge in [-0.25, -0.2) is 0 Å². The highest BCUT2D eigenvalue weighted by Crippen LogP contribution is 2.19. The normalized spacial score (nSPS) is 11.8. The second-order valence-electron chi connectivity index (χ2n) is 3.32. The summed E-state index contributed by atoms with van der Waals surface area (Å²) in [7, 11) is 0. The number of nitrogens with one attached hydrogen (secondary N) is 1. The van der Waals surface area contributed by atoms with E-state index in [9.17, 15) is 4.21 Å². The van der Waals surface area contributed by atoms with E-state index in [2.05, 4.69) is 9.50 Å². The van der Waals surface area contributed by atoms with E-state index in [-0.39, 0.29) is 0 Å². The molecule has 1 atom stereocenters. The molecule has 0 aliphatic heterocycles. The minimum Gasteiger partial charge on any atom is -0.380 e. The Morgan fingerprint density at radius 3 is 2.12 bits per heavy atom. The Morgan fingerprint density at radius 1 is 0.941 bits per heavy atom. The maximum atomic E-state index is 10.4. The van der Waals surface area contributed by atoms with Crippen molar-refractivity contribution in [2.75, 3.05) is 5.32 Å². The maximum Gasteiger partial charge on any atom is 0.357 e. The van der Waals surface area contributed by atoms with Crippen molar-refractivity contribution in [2.24, 2.45) is 0 Å². The second kappa shape index (κ2) is 5.47. The molecule has 0 aromatic heterocycles. The van der Waals surface area contributed by atoms with Crippen LogP contribution in [-0.4, -0.2) is 8.76 Å². The molecule has 4 nitrogen and oxygen atoms in total. The Hall–Kier alpha value is -1.85. The van der Waals surface area contributed by atoms with Gasteiger partial charge in [0, 0.05) is 11.4 Å². The van der Waals surface area contributed by atoms with Gasteiger partial charge in [0.05, 0.1) is 0 Å². The van der Waals surface area contributed by atoms with Gasteiger partial charge in [0.1, 0.15) is 5.75 Å². The molecule has 5 heteroatoms. The molecule has 2 rings (SSSR count). The van der Waals surface area contributed by atoms with Crippen LogP contribution in [0.15, 0.2) is 54.6 Å². The summed E-state index contributed by atoms with van der Waals surface area (Å²) in [6.45, 7) is 0. The number of hydrogen-bond donors (Lipinski definition) is 2. The fourth-order valence-electron chi connectivity index (χ4n) is 1.36. The lowest BCUT2D eigenvalue weighted by Gasteiger charge is -2.06. The fraction of sp³-hybridized carbons (Fsp3) is 0. The third kappa shape index (κ3) is 3.58. The van der Waals surface area contributed by atoms with Crippen LogP contribution in [0.1, 0.15) is 0 Å². The molecule has 1 unspecified atom stereocenters. The van der Waals surface area contributed by atoms with Gasteiger partial charge in [-0.05, 0) is 36.4 Å². The van der Waals surface area contributed by atoms with Gasteiger partial charge in [-0.2, -0.15) is 4.21 Å². The molecular formula is C12H11NO3S. The summed E-state index contributed by atoms with van der Waals surface area (Å²) in [4.78, 5) is 0. The van der Waals surface area contributed by atoms with E-state index < -0.39 is 11.4 Å². The van der Waals surface area contributed by atoms with Gasteiger partial charge in [-0.15, -0.1) is 0 Å². The van der Waals surface area contributed by atoms with E-state index in [1.807, 2.05) is 30.3 Å². The molecule has 0 saturated carbocycles. The van der Waals surface area contributed by atoms with Gasteiger partial charge in [-0.3, -0.25) is 4.55 Å². The van der Waals surface area contributed by atoms with Crippen molar-refractivity contribution in [3.05, 3.63) is 54.6 Å². The monoisotopic (exact) mass is 249 g/mol. The lowest BCUT2D eigenvalue weighted by Crippen LogP contribution is -1.97. The summed E-state index contributed by atoms with van der Waals surface area (Å²) in [5.41, 5.74) is 1.86. The number of benzene rings is 2. The molecule has 2 N–H and O–H groups in total. The first-order valence-electron chi connectivity index (χ1n) is 4.95. The number of hydrogen-bond acceptors (Lipinski definition) is 3. The molecule has 0 saturated heterocycles. The van der Waals surface area contributed by atoms with E-state index in [0.29, 0.717) is 5.75 Å². The Morgan fingerprint density at radius 2 is 1.53 bits per heavy atom. The first-order chi connectivity index (χ1) is 8.24. The van der Waals surface area contributed by atoms with Crippen LogP contribution in [0, 0.1) is 0 Å². The zero-order valence-corrected chi connectivity index (χ0v) is 9.68. The minimum absolute atomic E-state index is 0.351. The first-order valence-corrected chi connectivity index (χ1v) is 5.98.